The first-order valence-electron chi connectivity index (χ1n) is 7.98. The Bertz CT molecular complexity index is 1230. The monoisotopic (exact) mass is 399 g/mol. The van der Waals surface area contributed by atoms with Crippen LogP contribution in [-0.2, 0) is 0 Å². The van der Waals surface area contributed by atoms with Gasteiger partial charge in [-0.3, -0.25) is 4.79 Å². The Kier molecular flexibility index (Phi) is 4.55. The zero-order valence-corrected chi connectivity index (χ0v) is 16.0. The van der Waals surface area contributed by atoms with Crippen LogP contribution in [0.25, 0.3) is 22.4 Å². The van der Waals surface area contributed by atoms with Gasteiger partial charge in [-0.25, -0.2) is 0 Å². The van der Waals surface area contributed by atoms with E-state index in [9.17, 15) is 4.79 Å². The van der Waals surface area contributed by atoms with E-state index >= 15 is 0 Å². The topological polar surface area (TPSA) is 65.7 Å². The van der Waals surface area contributed by atoms with Gasteiger partial charge in [-0.05, 0) is 42.0 Å². The summed E-state index contributed by atoms with van der Waals surface area (Å²) in [6.07, 6.45) is 1.80. The third-order valence-corrected chi connectivity index (χ3v) is 5.20. The zero-order valence-electron chi connectivity index (χ0n) is 14.5. The molecule has 2 aromatic carbocycles. The van der Waals surface area contributed by atoms with Gasteiger partial charge >= 0.3 is 0 Å². The van der Waals surface area contributed by atoms with Crippen LogP contribution in [0.15, 0.2) is 47.3 Å². The fourth-order valence-corrected chi connectivity index (χ4v) is 3.68. The number of fused-ring (bicyclic) bond motifs is 1. The van der Waals surface area contributed by atoms with Crippen LogP contribution in [0.1, 0.15) is 5.56 Å². The molecule has 27 heavy (non-hydrogen) atoms. The molecule has 0 unspecified atom stereocenters. The van der Waals surface area contributed by atoms with Crippen LogP contribution < -0.4 is 19.6 Å². The zero-order chi connectivity index (χ0) is 19.0. The standard InChI is InChI=1S/C19H14ClN3O3S/c1-25-14-8-5-12(10-15(14)26-2)17-21-19-23(22-17)18(24)16(27-19)9-11-3-6-13(20)7-4-11/h3-10H,1-2H3/b16-9+. The molecular formula is C19H14ClN3O3S. The van der Waals surface area contributed by atoms with Gasteiger partial charge in [0, 0.05) is 10.6 Å². The highest BCUT2D eigenvalue weighted by Crippen LogP contribution is 2.31. The van der Waals surface area contributed by atoms with E-state index in [2.05, 4.69) is 10.1 Å². The lowest BCUT2D eigenvalue weighted by atomic mass is 10.2. The number of aromatic nitrogens is 3. The molecule has 0 atom stereocenters. The van der Waals surface area contributed by atoms with E-state index in [4.69, 9.17) is 21.1 Å². The van der Waals surface area contributed by atoms with Crippen molar-refractivity contribution >= 4 is 34.0 Å². The number of thiazole rings is 1. The molecule has 0 radical (unpaired) electrons. The largest absolute Gasteiger partial charge is 0.493 e. The molecule has 0 bridgehead atoms. The second-order valence-electron chi connectivity index (χ2n) is 5.67. The lowest BCUT2D eigenvalue weighted by Crippen LogP contribution is -2.23. The van der Waals surface area contributed by atoms with Crippen molar-refractivity contribution in [2.75, 3.05) is 14.2 Å². The summed E-state index contributed by atoms with van der Waals surface area (Å²) in [4.78, 5) is 17.7. The normalized spacial score (nSPS) is 11.9. The Labute approximate surface area is 163 Å². The Balaban J connectivity index is 1.77. The molecule has 0 saturated carbocycles. The van der Waals surface area contributed by atoms with Gasteiger partial charge in [-0.15, -0.1) is 5.10 Å². The molecule has 0 aliphatic heterocycles. The first kappa shape index (κ1) is 17.5. The predicted octanol–water partition coefficient (Wildman–Crippen LogP) is 3.04. The second-order valence-corrected chi connectivity index (χ2v) is 7.11. The first-order chi connectivity index (χ1) is 13.1. The van der Waals surface area contributed by atoms with Gasteiger partial charge in [0.25, 0.3) is 5.56 Å². The predicted molar refractivity (Wildman–Crippen MR) is 106 cm³/mol. The van der Waals surface area contributed by atoms with Crippen LogP contribution in [0.5, 0.6) is 11.5 Å². The van der Waals surface area contributed by atoms with E-state index in [1.807, 2.05) is 18.2 Å². The van der Waals surface area contributed by atoms with Crippen LogP contribution >= 0.6 is 22.9 Å². The number of methoxy groups -OCH3 is 2. The maximum atomic E-state index is 12.6. The Hall–Kier alpha value is -2.90. The molecule has 2 aromatic heterocycles. The van der Waals surface area contributed by atoms with E-state index in [0.29, 0.717) is 31.8 Å². The molecule has 0 aliphatic carbocycles. The number of ether oxygens (including phenoxy) is 2. The van der Waals surface area contributed by atoms with Gasteiger partial charge in [-0.1, -0.05) is 35.1 Å². The van der Waals surface area contributed by atoms with Crippen LogP contribution in [0.4, 0.5) is 0 Å². The van der Waals surface area contributed by atoms with Crippen molar-refractivity contribution in [2.45, 2.75) is 0 Å². The van der Waals surface area contributed by atoms with E-state index < -0.39 is 0 Å². The lowest BCUT2D eigenvalue weighted by Gasteiger charge is -2.07. The van der Waals surface area contributed by atoms with Crippen LogP contribution in [-0.4, -0.2) is 28.8 Å². The summed E-state index contributed by atoms with van der Waals surface area (Å²) in [6, 6.07) is 12.7. The first-order valence-corrected chi connectivity index (χ1v) is 9.18. The Morgan fingerprint density at radius 3 is 2.48 bits per heavy atom. The van der Waals surface area contributed by atoms with Crippen molar-refractivity contribution in [2.24, 2.45) is 0 Å². The molecule has 0 N–H and O–H groups in total. The smallest absolute Gasteiger partial charge is 0.291 e. The minimum Gasteiger partial charge on any atom is -0.493 e. The minimum absolute atomic E-state index is 0.204. The molecule has 2 heterocycles. The summed E-state index contributed by atoms with van der Waals surface area (Å²) < 4.78 is 12.4. The SMILES string of the molecule is COc1ccc(-c2nc3s/c(=C/c4ccc(Cl)cc4)c(=O)n3n2)cc1OC. The van der Waals surface area contributed by atoms with E-state index in [-0.39, 0.29) is 5.56 Å². The van der Waals surface area contributed by atoms with Gasteiger partial charge in [0.15, 0.2) is 17.3 Å². The van der Waals surface area contributed by atoms with Crippen molar-refractivity contribution in [3.63, 3.8) is 0 Å². The molecule has 6 nitrogen and oxygen atoms in total. The fourth-order valence-electron chi connectivity index (χ4n) is 2.64. The average molecular weight is 400 g/mol. The summed E-state index contributed by atoms with van der Waals surface area (Å²) in [6.45, 7) is 0. The van der Waals surface area contributed by atoms with Gasteiger partial charge in [-0.2, -0.15) is 9.50 Å². The number of benzene rings is 2. The lowest BCUT2D eigenvalue weighted by molar-refractivity contribution is 0.355. The summed E-state index contributed by atoms with van der Waals surface area (Å²) in [7, 11) is 3.14. The fraction of sp³-hybridized carbons (Fsp3) is 0.105. The molecule has 0 fully saturated rings. The number of hydrogen-bond donors (Lipinski definition) is 0. The molecular weight excluding hydrogens is 386 g/mol. The van der Waals surface area contributed by atoms with Gasteiger partial charge < -0.3 is 9.47 Å². The molecule has 0 saturated heterocycles. The Morgan fingerprint density at radius 2 is 1.81 bits per heavy atom. The van der Waals surface area contributed by atoms with Gasteiger partial charge in [0.1, 0.15) is 0 Å². The van der Waals surface area contributed by atoms with Crippen LogP contribution in [0.3, 0.4) is 0 Å². The number of halogens is 1. The maximum Gasteiger partial charge on any atom is 0.291 e. The Morgan fingerprint density at radius 1 is 1.07 bits per heavy atom. The van der Waals surface area contributed by atoms with Gasteiger partial charge in [0.05, 0.1) is 18.8 Å². The third-order valence-electron chi connectivity index (χ3n) is 3.99. The molecule has 0 amide bonds. The van der Waals surface area contributed by atoms with E-state index in [0.717, 1.165) is 11.1 Å². The van der Waals surface area contributed by atoms with Crippen molar-refractivity contribution in [3.8, 4) is 22.9 Å². The highest BCUT2D eigenvalue weighted by atomic mass is 35.5. The highest BCUT2D eigenvalue weighted by molar-refractivity contribution is 7.15. The number of hydrogen-bond acceptors (Lipinski definition) is 6. The van der Waals surface area contributed by atoms with E-state index in [1.165, 1.54) is 15.9 Å². The molecule has 8 heteroatoms. The quantitative estimate of drug-likeness (QED) is 0.527. The highest BCUT2D eigenvalue weighted by Gasteiger charge is 2.14. The summed E-state index contributed by atoms with van der Waals surface area (Å²) in [5.74, 6) is 1.65. The summed E-state index contributed by atoms with van der Waals surface area (Å²) in [5.41, 5.74) is 1.43. The molecule has 4 aromatic rings. The average Bonchev–Trinajstić information content (AvgIpc) is 3.23. The molecule has 0 aliphatic rings. The van der Waals surface area contributed by atoms with Crippen molar-refractivity contribution in [3.05, 3.63) is 67.9 Å². The summed E-state index contributed by atoms with van der Waals surface area (Å²) in [5, 5.41) is 5.01. The van der Waals surface area contributed by atoms with Crippen molar-refractivity contribution in [1.29, 1.82) is 0 Å². The minimum atomic E-state index is -0.204. The molecule has 4 rings (SSSR count). The molecule has 136 valence electrons. The van der Waals surface area contributed by atoms with Crippen LogP contribution in [0.2, 0.25) is 5.02 Å². The molecule has 0 spiro atoms. The van der Waals surface area contributed by atoms with E-state index in [1.54, 1.807) is 44.6 Å². The van der Waals surface area contributed by atoms with Crippen LogP contribution in [0, 0.1) is 0 Å². The number of nitrogens with zero attached hydrogens (tertiary/aromatic N) is 3. The second kappa shape index (κ2) is 7.02. The summed E-state index contributed by atoms with van der Waals surface area (Å²) >= 11 is 7.18. The van der Waals surface area contributed by atoms with Gasteiger partial charge in [0.2, 0.25) is 4.96 Å². The van der Waals surface area contributed by atoms with Crippen molar-refractivity contribution < 1.29 is 9.47 Å². The maximum absolute atomic E-state index is 12.6. The third kappa shape index (κ3) is 3.27. The van der Waals surface area contributed by atoms with Crippen molar-refractivity contribution in [1.82, 2.24) is 14.6 Å². The number of rotatable bonds is 4.